The number of halogens is 1. The average Bonchev–Trinajstić information content (AvgIpc) is 2.94. The molecule has 2 amide bonds. The smallest absolute Gasteiger partial charge is 0.252 e. The van der Waals surface area contributed by atoms with Crippen LogP contribution in [0.25, 0.3) is 0 Å². The lowest BCUT2D eigenvalue weighted by atomic mass is 10.1. The summed E-state index contributed by atoms with van der Waals surface area (Å²) in [6.45, 7) is 4.49. The molecule has 6 heteroatoms. The highest BCUT2D eigenvalue weighted by Gasteiger charge is 2.34. The Hall–Kier alpha value is -2.89. The molecule has 3 rings (SSSR count). The van der Waals surface area contributed by atoms with Gasteiger partial charge in [0.15, 0.2) is 11.6 Å². The third-order valence-electron chi connectivity index (χ3n) is 4.44. The van der Waals surface area contributed by atoms with Crippen LogP contribution in [0.15, 0.2) is 36.4 Å². The normalized spacial score (nSPS) is 16.7. The highest BCUT2D eigenvalue weighted by atomic mass is 19.1. The Bertz CT molecular complexity index is 846. The molecule has 0 spiro atoms. The molecule has 1 atom stereocenters. The van der Waals surface area contributed by atoms with Crippen molar-refractivity contribution in [3.05, 3.63) is 58.9 Å². The number of hydrogen-bond donors (Lipinski definition) is 1. The van der Waals surface area contributed by atoms with E-state index in [-0.39, 0.29) is 17.2 Å². The van der Waals surface area contributed by atoms with Crippen molar-refractivity contribution >= 4 is 17.5 Å². The predicted molar refractivity (Wildman–Crippen MR) is 97.1 cm³/mol. The van der Waals surface area contributed by atoms with Gasteiger partial charge in [0, 0.05) is 17.8 Å². The van der Waals surface area contributed by atoms with Crippen molar-refractivity contribution in [2.24, 2.45) is 0 Å². The third kappa shape index (κ3) is 3.54. The van der Waals surface area contributed by atoms with Gasteiger partial charge in [0.05, 0.1) is 7.11 Å². The minimum absolute atomic E-state index is 0.0690. The van der Waals surface area contributed by atoms with Crippen molar-refractivity contribution in [3.63, 3.8) is 0 Å². The number of carbonyl (C=O) groups is 2. The van der Waals surface area contributed by atoms with Crippen LogP contribution < -0.4 is 15.0 Å². The first-order valence-corrected chi connectivity index (χ1v) is 8.43. The van der Waals surface area contributed by atoms with E-state index in [0.29, 0.717) is 13.0 Å². The number of hydrogen-bond acceptors (Lipinski definition) is 3. The van der Waals surface area contributed by atoms with Gasteiger partial charge in [-0.05, 0) is 61.7 Å². The number of rotatable bonds is 4. The quantitative estimate of drug-likeness (QED) is 0.916. The van der Waals surface area contributed by atoms with Gasteiger partial charge >= 0.3 is 0 Å². The molecule has 1 fully saturated rings. The van der Waals surface area contributed by atoms with E-state index in [1.54, 1.807) is 4.90 Å². The lowest BCUT2D eigenvalue weighted by Gasteiger charge is -2.18. The first-order chi connectivity index (χ1) is 12.4. The molecule has 26 heavy (non-hydrogen) atoms. The molecule has 136 valence electrons. The molecule has 1 saturated heterocycles. The third-order valence-corrected chi connectivity index (χ3v) is 4.44. The fourth-order valence-electron chi connectivity index (χ4n) is 3.23. The summed E-state index contributed by atoms with van der Waals surface area (Å²) < 4.78 is 18.6. The number of benzene rings is 2. The Morgan fingerprint density at radius 3 is 2.50 bits per heavy atom. The summed E-state index contributed by atoms with van der Waals surface area (Å²) in [6.07, 6.45) is 0.510. The van der Waals surface area contributed by atoms with Crippen LogP contribution in [0, 0.1) is 19.7 Å². The second kappa shape index (κ2) is 7.15. The number of methoxy groups -OCH3 is 1. The zero-order chi connectivity index (χ0) is 18.8. The standard InChI is InChI=1S/C20H21FN2O3/c1-12-8-13(2)10-15(9-12)23-7-6-17(20(23)25)22-19(24)14-4-5-18(26-3)16(21)11-14/h4-5,8-11,17H,6-7H2,1-3H3,(H,22,24)/t17-/m0/s1. The van der Waals surface area contributed by atoms with Crippen LogP contribution in [0.4, 0.5) is 10.1 Å². The second-order valence-corrected chi connectivity index (χ2v) is 6.50. The Balaban J connectivity index is 1.72. The molecule has 5 nitrogen and oxygen atoms in total. The summed E-state index contributed by atoms with van der Waals surface area (Å²) in [5.41, 5.74) is 3.14. The van der Waals surface area contributed by atoms with Crippen molar-refractivity contribution in [2.75, 3.05) is 18.6 Å². The SMILES string of the molecule is COc1ccc(C(=O)N[C@H]2CCN(c3cc(C)cc(C)c3)C2=O)cc1F. The van der Waals surface area contributed by atoms with E-state index in [9.17, 15) is 14.0 Å². The monoisotopic (exact) mass is 356 g/mol. The maximum atomic E-state index is 13.8. The molecule has 1 heterocycles. The van der Waals surface area contributed by atoms with Gasteiger partial charge in [0.25, 0.3) is 5.91 Å². The minimum atomic E-state index is -0.617. The topological polar surface area (TPSA) is 58.6 Å². The van der Waals surface area contributed by atoms with Crippen LogP contribution in [-0.4, -0.2) is 31.5 Å². The maximum Gasteiger partial charge on any atom is 0.252 e. The van der Waals surface area contributed by atoms with Gasteiger partial charge in [-0.3, -0.25) is 9.59 Å². The molecule has 0 aromatic heterocycles. The number of aryl methyl sites for hydroxylation is 2. The zero-order valence-corrected chi connectivity index (χ0v) is 15.0. The van der Waals surface area contributed by atoms with Gasteiger partial charge < -0.3 is 15.0 Å². The number of amides is 2. The van der Waals surface area contributed by atoms with Crippen LogP contribution in [-0.2, 0) is 4.79 Å². The zero-order valence-electron chi connectivity index (χ0n) is 15.0. The first-order valence-electron chi connectivity index (χ1n) is 8.43. The fraction of sp³-hybridized carbons (Fsp3) is 0.300. The van der Waals surface area contributed by atoms with Crippen molar-refractivity contribution in [1.82, 2.24) is 5.32 Å². The summed E-state index contributed by atoms with van der Waals surface area (Å²) in [5, 5.41) is 2.70. The van der Waals surface area contributed by atoms with Gasteiger partial charge in [0.2, 0.25) is 5.91 Å². The van der Waals surface area contributed by atoms with Crippen molar-refractivity contribution < 1.29 is 18.7 Å². The fourth-order valence-corrected chi connectivity index (χ4v) is 3.23. The second-order valence-electron chi connectivity index (χ2n) is 6.50. The first kappa shape index (κ1) is 17.9. The van der Waals surface area contributed by atoms with E-state index in [0.717, 1.165) is 22.9 Å². The minimum Gasteiger partial charge on any atom is -0.494 e. The molecule has 1 N–H and O–H groups in total. The number of anilines is 1. The van der Waals surface area contributed by atoms with Crippen LogP contribution >= 0.6 is 0 Å². The van der Waals surface area contributed by atoms with E-state index >= 15 is 0 Å². The summed E-state index contributed by atoms with van der Waals surface area (Å²) in [5.74, 6) is -1.18. The van der Waals surface area contributed by atoms with Gasteiger partial charge in [0.1, 0.15) is 6.04 Å². The Kier molecular flexibility index (Phi) is 4.93. The maximum absolute atomic E-state index is 13.8. The molecule has 0 unspecified atom stereocenters. The van der Waals surface area contributed by atoms with E-state index in [2.05, 4.69) is 5.32 Å². The Morgan fingerprint density at radius 2 is 1.88 bits per heavy atom. The molecule has 0 bridgehead atoms. The lowest BCUT2D eigenvalue weighted by Crippen LogP contribution is -2.41. The van der Waals surface area contributed by atoms with Gasteiger partial charge in [-0.25, -0.2) is 4.39 Å². The molecule has 0 aliphatic carbocycles. The Labute approximate surface area is 151 Å². The lowest BCUT2D eigenvalue weighted by molar-refractivity contribution is -0.118. The molecule has 1 aliphatic rings. The van der Waals surface area contributed by atoms with Crippen molar-refractivity contribution in [3.8, 4) is 5.75 Å². The Morgan fingerprint density at radius 1 is 1.19 bits per heavy atom. The summed E-state index contributed by atoms with van der Waals surface area (Å²) >= 11 is 0. The van der Waals surface area contributed by atoms with E-state index < -0.39 is 17.8 Å². The predicted octanol–water partition coefficient (Wildman–Crippen LogP) is 2.99. The average molecular weight is 356 g/mol. The van der Waals surface area contributed by atoms with Crippen LogP contribution in [0.5, 0.6) is 5.75 Å². The van der Waals surface area contributed by atoms with E-state index in [4.69, 9.17) is 4.74 Å². The van der Waals surface area contributed by atoms with Gasteiger partial charge in [-0.1, -0.05) is 6.07 Å². The van der Waals surface area contributed by atoms with Gasteiger partial charge in [-0.15, -0.1) is 0 Å². The molecule has 2 aromatic carbocycles. The molecular formula is C20H21FN2O3. The van der Waals surface area contributed by atoms with E-state index in [1.165, 1.54) is 19.2 Å². The van der Waals surface area contributed by atoms with Crippen LogP contribution in [0.2, 0.25) is 0 Å². The summed E-state index contributed by atoms with van der Waals surface area (Å²) in [4.78, 5) is 26.7. The summed E-state index contributed by atoms with van der Waals surface area (Å²) in [6, 6.07) is 9.30. The molecule has 0 radical (unpaired) electrons. The number of ether oxygens (including phenoxy) is 1. The molecular weight excluding hydrogens is 335 g/mol. The number of nitrogens with one attached hydrogen (secondary N) is 1. The number of carbonyl (C=O) groups excluding carboxylic acids is 2. The van der Waals surface area contributed by atoms with Crippen LogP contribution in [0.1, 0.15) is 27.9 Å². The highest BCUT2D eigenvalue weighted by Crippen LogP contribution is 2.24. The van der Waals surface area contributed by atoms with Crippen molar-refractivity contribution in [2.45, 2.75) is 26.3 Å². The molecule has 0 saturated carbocycles. The van der Waals surface area contributed by atoms with Gasteiger partial charge in [-0.2, -0.15) is 0 Å². The largest absolute Gasteiger partial charge is 0.494 e. The highest BCUT2D eigenvalue weighted by molar-refractivity contribution is 6.04. The summed E-state index contributed by atoms with van der Waals surface area (Å²) in [7, 11) is 1.36. The number of nitrogens with zero attached hydrogens (tertiary/aromatic N) is 1. The molecule has 1 aliphatic heterocycles. The van der Waals surface area contributed by atoms with Crippen LogP contribution in [0.3, 0.4) is 0 Å². The molecule has 2 aromatic rings. The van der Waals surface area contributed by atoms with E-state index in [1.807, 2.05) is 32.0 Å². The van der Waals surface area contributed by atoms with Crippen molar-refractivity contribution in [1.29, 1.82) is 0 Å².